The van der Waals surface area contributed by atoms with E-state index in [1.807, 2.05) is 0 Å². The maximum atomic E-state index is 11.0. The first-order chi connectivity index (χ1) is 7.52. The Balaban J connectivity index is 0.000000386. The van der Waals surface area contributed by atoms with Crippen molar-refractivity contribution in [1.82, 2.24) is 0 Å². The molecule has 2 saturated heterocycles. The SMILES string of the molecule is CCO.NC(=O)C1C2CCC(O2)C1C(N)=O. The Labute approximate surface area is 93.9 Å². The van der Waals surface area contributed by atoms with Crippen LogP contribution in [0.25, 0.3) is 0 Å². The van der Waals surface area contributed by atoms with Gasteiger partial charge in [0.15, 0.2) is 0 Å². The molecule has 6 nitrogen and oxygen atoms in total. The van der Waals surface area contributed by atoms with Gasteiger partial charge >= 0.3 is 0 Å². The number of nitrogens with two attached hydrogens (primary N) is 2. The van der Waals surface area contributed by atoms with Crippen LogP contribution >= 0.6 is 0 Å². The minimum atomic E-state index is -0.503. The number of hydrogen-bond acceptors (Lipinski definition) is 4. The lowest BCUT2D eigenvalue weighted by atomic mass is 9.78. The van der Waals surface area contributed by atoms with Crippen molar-refractivity contribution in [2.24, 2.45) is 23.3 Å². The molecule has 5 N–H and O–H groups in total. The van der Waals surface area contributed by atoms with Crippen molar-refractivity contribution >= 4 is 11.8 Å². The highest BCUT2D eigenvalue weighted by Crippen LogP contribution is 2.42. The average molecular weight is 230 g/mol. The monoisotopic (exact) mass is 230 g/mol. The lowest BCUT2D eigenvalue weighted by Crippen LogP contribution is -2.44. The van der Waals surface area contributed by atoms with Gasteiger partial charge in [-0.1, -0.05) is 0 Å². The summed E-state index contributed by atoms with van der Waals surface area (Å²) < 4.78 is 5.42. The van der Waals surface area contributed by atoms with Gasteiger partial charge in [0, 0.05) is 6.61 Å². The van der Waals surface area contributed by atoms with Crippen LogP contribution in [-0.2, 0) is 14.3 Å². The second-order valence-electron chi connectivity index (χ2n) is 3.96. The zero-order valence-corrected chi connectivity index (χ0v) is 9.26. The van der Waals surface area contributed by atoms with E-state index in [9.17, 15) is 9.59 Å². The summed E-state index contributed by atoms with van der Waals surface area (Å²) in [5, 5.41) is 7.57. The highest BCUT2D eigenvalue weighted by atomic mass is 16.5. The number of rotatable bonds is 2. The average Bonchev–Trinajstić information content (AvgIpc) is 2.76. The topological polar surface area (TPSA) is 116 Å². The Morgan fingerprint density at radius 2 is 1.50 bits per heavy atom. The molecule has 0 aromatic heterocycles. The summed E-state index contributed by atoms with van der Waals surface area (Å²) in [5.74, 6) is -1.96. The molecule has 2 aliphatic heterocycles. The van der Waals surface area contributed by atoms with Gasteiger partial charge in [-0.2, -0.15) is 0 Å². The number of aliphatic hydroxyl groups excluding tert-OH is 1. The number of primary amides is 2. The largest absolute Gasteiger partial charge is 0.397 e. The van der Waals surface area contributed by atoms with Gasteiger partial charge in [-0.15, -0.1) is 0 Å². The van der Waals surface area contributed by atoms with Crippen LogP contribution in [-0.4, -0.2) is 35.7 Å². The number of carbonyl (C=O) groups excluding carboxylic acids is 2. The van der Waals surface area contributed by atoms with E-state index in [-0.39, 0.29) is 18.8 Å². The Morgan fingerprint density at radius 3 is 1.75 bits per heavy atom. The van der Waals surface area contributed by atoms with Crippen LogP contribution in [0.4, 0.5) is 0 Å². The molecule has 92 valence electrons. The van der Waals surface area contributed by atoms with Crippen LogP contribution in [0.1, 0.15) is 19.8 Å². The summed E-state index contributed by atoms with van der Waals surface area (Å²) in [5.41, 5.74) is 10.4. The van der Waals surface area contributed by atoms with Gasteiger partial charge in [0.25, 0.3) is 0 Å². The summed E-state index contributed by atoms with van der Waals surface area (Å²) in [6, 6.07) is 0. The molecule has 0 saturated carbocycles. The van der Waals surface area contributed by atoms with Crippen LogP contribution in [0, 0.1) is 11.8 Å². The van der Waals surface area contributed by atoms with Crippen molar-refractivity contribution in [2.45, 2.75) is 32.0 Å². The molecule has 2 rings (SSSR count). The van der Waals surface area contributed by atoms with Crippen molar-refractivity contribution in [3.8, 4) is 0 Å². The summed E-state index contributed by atoms with van der Waals surface area (Å²) >= 11 is 0. The standard InChI is InChI=1S/C8H12N2O3.C2H6O/c9-7(11)5-3-1-2-4(13-3)6(5)8(10)12;1-2-3/h3-6H,1-2H2,(H2,9,11)(H2,10,12);3H,2H2,1H3. The van der Waals surface area contributed by atoms with Crippen molar-refractivity contribution in [1.29, 1.82) is 0 Å². The fraction of sp³-hybridized carbons (Fsp3) is 0.800. The van der Waals surface area contributed by atoms with E-state index in [1.165, 1.54) is 0 Å². The zero-order valence-electron chi connectivity index (χ0n) is 9.26. The first-order valence-electron chi connectivity index (χ1n) is 5.37. The lowest BCUT2D eigenvalue weighted by Gasteiger charge is -2.22. The molecule has 0 aliphatic carbocycles. The van der Waals surface area contributed by atoms with Crippen molar-refractivity contribution in [2.75, 3.05) is 6.61 Å². The zero-order chi connectivity index (χ0) is 12.3. The van der Waals surface area contributed by atoms with Gasteiger partial charge in [0.2, 0.25) is 11.8 Å². The highest BCUT2D eigenvalue weighted by molar-refractivity contribution is 5.87. The van der Waals surface area contributed by atoms with Gasteiger partial charge in [0.1, 0.15) is 0 Å². The number of fused-ring (bicyclic) bond motifs is 2. The van der Waals surface area contributed by atoms with E-state index in [2.05, 4.69) is 0 Å². The molecule has 16 heavy (non-hydrogen) atoms. The van der Waals surface area contributed by atoms with Gasteiger partial charge < -0.3 is 21.3 Å². The maximum absolute atomic E-state index is 11.0. The third-order valence-corrected chi connectivity index (χ3v) is 2.93. The number of hydrogen-bond donors (Lipinski definition) is 3. The van der Waals surface area contributed by atoms with Crippen LogP contribution in [0.2, 0.25) is 0 Å². The number of amides is 2. The summed E-state index contributed by atoms with van der Waals surface area (Å²) in [6.07, 6.45) is 1.25. The Hall–Kier alpha value is -1.14. The van der Waals surface area contributed by atoms with Crippen LogP contribution in [0.3, 0.4) is 0 Å². The molecule has 2 aliphatic rings. The van der Waals surface area contributed by atoms with Crippen LogP contribution in [0.5, 0.6) is 0 Å². The predicted octanol–water partition coefficient (Wildman–Crippen LogP) is -1.25. The fourth-order valence-electron chi connectivity index (χ4n) is 2.40. The molecule has 2 fully saturated rings. The molecule has 0 radical (unpaired) electrons. The Bertz CT molecular complexity index is 256. The molecule has 0 aromatic rings. The molecular weight excluding hydrogens is 212 g/mol. The Morgan fingerprint density at radius 1 is 1.19 bits per heavy atom. The van der Waals surface area contributed by atoms with E-state index in [0.29, 0.717) is 0 Å². The first-order valence-corrected chi connectivity index (χ1v) is 5.37. The summed E-state index contributed by atoms with van der Waals surface area (Å²) in [7, 11) is 0. The number of ether oxygens (including phenoxy) is 1. The lowest BCUT2D eigenvalue weighted by molar-refractivity contribution is -0.131. The smallest absolute Gasteiger partial charge is 0.224 e. The first kappa shape index (κ1) is 12.9. The molecule has 0 spiro atoms. The minimum absolute atomic E-state index is 0.181. The molecule has 4 unspecified atom stereocenters. The Kier molecular flexibility index (Phi) is 4.26. The van der Waals surface area contributed by atoms with Gasteiger partial charge in [0.05, 0.1) is 24.0 Å². The fourth-order valence-corrected chi connectivity index (χ4v) is 2.40. The summed E-state index contributed by atoms with van der Waals surface area (Å²) in [4.78, 5) is 22.1. The second-order valence-corrected chi connectivity index (χ2v) is 3.96. The number of carbonyl (C=O) groups is 2. The van der Waals surface area contributed by atoms with E-state index in [0.717, 1.165) is 12.8 Å². The van der Waals surface area contributed by atoms with E-state index in [4.69, 9.17) is 21.3 Å². The number of aliphatic hydroxyl groups is 1. The van der Waals surface area contributed by atoms with Crippen LogP contribution < -0.4 is 11.5 Å². The molecule has 2 amide bonds. The minimum Gasteiger partial charge on any atom is -0.397 e. The molecule has 2 heterocycles. The van der Waals surface area contributed by atoms with Gasteiger partial charge in [-0.3, -0.25) is 9.59 Å². The quantitative estimate of drug-likeness (QED) is 0.549. The predicted molar refractivity (Wildman–Crippen MR) is 56.0 cm³/mol. The third-order valence-electron chi connectivity index (χ3n) is 2.93. The molecule has 4 atom stereocenters. The van der Waals surface area contributed by atoms with Gasteiger partial charge in [-0.05, 0) is 19.8 Å². The highest BCUT2D eigenvalue weighted by Gasteiger charge is 2.54. The van der Waals surface area contributed by atoms with Crippen molar-refractivity contribution in [3.05, 3.63) is 0 Å². The molecule has 0 aromatic carbocycles. The van der Waals surface area contributed by atoms with Crippen molar-refractivity contribution in [3.63, 3.8) is 0 Å². The normalized spacial score (nSPS) is 35.4. The van der Waals surface area contributed by atoms with Gasteiger partial charge in [-0.25, -0.2) is 0 Å². The van der Waals surface area contributed by atoms with E-state index < -0.39 is 23.7 Å². The third kappa shape index (κ3) is 2.33. The van der Waals surface area contributed by atoms with E-state index in [1.54, 1.807) is 6.92 Å². The van der Waals surface area contributed by atoms with Crippen LogP contribution in [0.15, 0.2) is 0 Å². The van der Waals surface area contributed by atoms with Crippen molar-refractivity contribution < 1.29 is 19.4 Å². The molecule has 2 bridgehead atoms. The second kappa shape index (κ2) is 5.27. The molecule has 6 heteroatoms. The molecular formula is C10H18N2O4. The van der Waals surface area contributed by atoms with E-state index >= 15 is 0 Å². The maximum Gasteiger partial charge on any atom is 0.224 e. The summed E-state index contributed by atoms with van der Waals surface area (Å²) in [6.45, 7) is 1.93.